The standard InChI is InChI=1S/C26H18F3N3O4S/c27-26(28,29)36-22-7-3-4-8-23(22)37(34,35)31-16-10-9-15-13-21-24-18(17-5-1-2-6-20(17)30-24)11-12-32(21)25(33)19(15)14-16/h1-10,13-14,30-31H,11-12H2. The van der Waals surface area contributed by atoms with Crippen LogP contribution < -0.4 is 15.0 Å². The van der Waals surface area contributed by atoms with Gasteiger partial charge in [0.25, 0.3) is 15.6 Å². The lowest BCUT2D eigenvalue weighted by atomic mass is 10.00. The molecule has 3 heterocycles. The van der Waals surface area contributed by atoms with Gasteiger partial charge in [-0.05, 0) is 53.8 Å². The molecule has 37 heavy (non-hydrogen) atoms. The van der Waals surface area contributed by atoms with E-state index in [0.29, 0.717) is 18.4 Å². The minimum absolute atomic E-state index is 0.0362. The summed E-state index contributed by atoms with van der Waals surface area (Å²) in [6, 6.07) is 18.7. The van der Waals surface area contributed by atoms with Crippen molar-refractivity contribution in [1.82, 2.24) is 9.55 Å². The number of nitrogens with zero attached hydrogens (tertiary/aromatic N) is 1. The highest BCUT2D eigenvalue weighted by molar-refractivity contribution is 7.92. The van der Waals surface area contributed by atoms with Crippen molar-refractivity contribution in [3.8, 4) is 17.1 Å². The van der Waals surface area contributed by atoms with Crippen LogP contribution >= 0.6 is 0 Å². The van der Waals surface area contributed by atoms with E-state index < -0.39 is 27.0 Å². The lowest BCUT2D eigenvalue weighted by Crippen LogP contribution is -2.26. The fourth-order valence-electron chi connectivity index (χ4n) is 4.83. The molecule has 0 radical (unpaired) electrons. The maximum absolute atomic E-state index is 13.4. The second kappa shape index (κ2) is 8.13. The number of alkyl halides is 3. The van der Waals surface area contributed by atoms with Crippen LogP contribution in [0.3, 0.4) is 0 Å². The summed E-state index contributed by atoms with van der Waals surface area (Å²) >= 11 is 0. The van der Waals surface area contributed by atoms with Gasteiger partial charge in [-0.3, -0.25) is 9.52 Å². The number of pyridine rings is 1. The number of halogens is 3. The van der Waals surface area contributed by atoms with Crippen LogP contribution in [0.15, 0.2) is 82.5 Å². The van der Waals surface area contributed by atoms with Crippen LogP contribution in [0.1, 0.15) is 5.56 Å². The van der Waals surface area contributed by atoms with Gasteiger partial charge in [-0.15, -0.1) is 13.2 Å². The van der Waals surface area contributed by atoms with Crippen molar-refractivity contribution < 1.29 is 26.3 Å². The predicted molar refractivity (Wildman–Crippen MR) is 133 cm³/mol. The van der Waals surface area contributed by atoms with E-state index >= 15 is 0 Å². The molecular formula is C26H18F3N3O4S. The maximum atomic E-state index is 13.4. The number of hydrogen-bond acceptors (Lipinski definition) is 4. The summed E-state index contributed by atoms with van der Waals surface area (Å²) < 4.78 is 72.0. The van der Waals surface area contributed by atoms with Crippen LogP contribution in [0.2, 0.25) is 0 Å². The molecule has 0 amide bonds. The monoisotopic (exact) mass is 525 g/mol. The van der Waals surface area contributed by atoms with E-state index in [4.69, 9.17) is 0 Å². The number of ether oxygens (including phenoxy) is 1. The zero-order valence-electron chi connectivity index (χ0n) is 19.0. The summed E-state index contributed by atoms with van der Waals surface area (Å²) in [6.45, 7) is 0.455. The Morgan fingerprint density at radius 2 is 1.70 bits per heavy atom. The highest BCUT2D eigenvalue weighted by atomic mass is 32.2. The zero-order chi connectivity index (χ0) is 25.9. The summed E-state index contributed by atoms with van der Waals surface area (Å²) in [7, 11) is -4.46. The molecule has 188 valence electrons. The van der Waals surface area contributed by atoms with Crippen LogP contribution in [0.4, 0.5) is 18.9 Å². The zero-order valence-corrected chi connectivity index (χ0v) is 19.8. The Balaban J connectivity index is 1.41. The lowest BCUT2D eigenvalue weighted by Gasteiger charge is -2.20. The first-order valence-electron chi connectivity index (χ1n) is 11.3. The third-order valence-corrected chi connectivity index (χ3v) is 7.80. The van der Waals surface area contributed by atoms with Gasteiger partial charge in [0.15, 0.2) is 0 Å². The molecule has 0 aliphatic carbocycles. The molecule has 2 N–H and O–H groups in total. The molecule has 11 heteroatoms. The number of anilines is 1. The number of aromatic amines is 1. The topological polar surface area (TPSA) is 93.2 Å². The molecule has 7 nitrogen and oxygen atoms in total. The van der Waals surface area contributed by atoms with Crippen molar-refractivity contribution in [3.05, 3.63) is 88.7 Å². The molecule has 6 rings (SSSR count). The van der Waals surface area contributed by atoms with E-state index in [1.807, 2.05) is 30.3 Å². The van der Waals surface area contributed by atoms with Crippen molar-refractivity contribution in [2.75, 3.05) is 4.72 Å². The molecule has 0 atom stereocenters. The Morgan fingerprint density at radius 3 is 2.51 bits per heavy atom. The summed E-state index contributed by atoms with van der Waals surface area (Å²) in [6.07, 6.45) is -4.41. The normalized spacial score (nSPS) is 13.4. The molecule has 0 saturated heterocycles. The molecule has 0 bridgehead atoms. The van der Waals surface area contributed by atoms with Gasteiger partial charge >= 0.3 is 6.36 Å². The van der Waals surface area contributed by atoms with Gasteiger partial charge < -0.3 is 14.3 Å². The first kappa shape index (κ1) is 23.2. The number of benzene rings is 3. The Bertz CT molecular complexity index is 1870. The largest absolute Gasteiger partial charge is 0.573 e. The smallest absolute Gasteiger partial charge is 0.404 e. The number of nitrogens with one attached hydrogen (secondary N) is 2. The molecule has 2 aromatic heterocycles. The average Bonchev–Trinajstić information content (AvgIpc) is 3.23. The van der Waals surface area contributed by atoms with Gasteiger partial charge in [0.05, 0.1) is 11.4 Å². The van der Waals surface area contributed by atoms with Crippen molar-refractivity contribution in [2.45, 2.75) is 24.2 Å². The molecule has 0 spiro atoms. The molecular weight excluding hydrogens is 507 g/mol. The number of para-hydroxylation sites is 2. The van der Waals surface area contributed by atoms with E-state index in [0.717, 1.165) is 40.0 Å². The molecule has 5 aromatic rings. The van der Waals surface area contributed by atoms with Gasteiger partial charge in [0, 0.05) is 28.5 Å². The maximum Gasteiger partial charge on any atom is 0.573 e. The highest BCUT2D eigenvalue weighted by Crippen LogP contribution is 2.35. The van der Waals surface area contributed by atoms with Crippen LogP contribution in [0.25, 0.3) is 33.1 Å². The molecule has 0 fully saturated rings. The Labute approximate surface area is 208 Å². The molecule has 1 aliphatic rings. The van der Waals surface area contributed by atoms with Gasteiger partial charge in [-0.1, -0.05) is 36.4 Å². The van der Waals surface area contributed by atoms with Crippen LogP contribution in [0, 0.1) is 0 Å². The van der Waals surface area contributed by atoms with E-state index in [1.54, 1.807) is 10.6 Å². The number of sulfonamides is 1. The van der Waals surface area contributed by atoms with E-state index in [9.17, 15) is 26.4 Å². The number of aromatic nitrogens is 2. The van der Waals surface area contributed by atoms with Crippen LogP contribution in [-0.2, 0) is 23.0 Å². The van der Waals surface area contributed by atoms with Crippen molar-refractivity contribution in [3.63, 3.8) is 0 Å². The number of aryl methyl sites for hydroxylation is 1. The third kappa shape index (κ3) is 4.01. The van der Waals surface area contributed by atoms with Gasteiger partial charge in [-0.2, -0.15) is 0 Å². The fourth-order valence-corrected chi connectivity index (χ4v) is 6.01. The van der Waals surface area contributed by atoms with Crippen molar-refractivity contribution in [1.29, 1.82) is 0 Å². The van der Waals surface area contributed by atoms with E-state index in [-0.39, 0.29) is 16.6 Å². The first-order valence-corrected chi connectivity index (χ1v) is 12.7. The lowest BCUT2D eigenvalue weighted by molar-refractivity contribution is -0.275. The summed E-state index contributed by atoms with van der Waals surface area (Å²) in [5.74, 6) is -0.855. The number of hydrogen-bond donors (Lipinski definition) is 2. The summed E-state index contributed by atoms with van der Waals surface area (Å²) in [5, 5.41) is 1.99. The number of rotatable bonds is 4. The number of fused-ring (bicyclic) bond motifs is 6. The Hall–Kier alpha value is -4.25. The SMILES string of the molecule is O=c1c2cc(NS(=O)(=O)c3ccccc3OC(F)(F)F)ccc2cc2n1CCc1c-2[nH]c2ccccc12. The highest BCUT2D eigenvalue weighted by Gasteiger charge is 2.34. The quantitative estimate of drug-likeness (QED) is 0.328. The Kier molecular flexibility index (Phi) is 5.09. The van der Waals surface area contributed by atoms with Gasteiger partial charge in [0.1, 0.15) is 10.6 Å². The molecule has 0 unspecified atom stereocenters. The minimum Gasteiger partial charge on any atom is -0.404 e. The predicted octanol–water partition coefficient (Wildman–Crippen LogP) is 5.41. The number of H-pyrrole nitrogens is 1. The Morgan fingerprint density at radius 1 is 0.946 bits per heavy atom. The first-order chi connectivity index (χ1) is 17.6. The molecule has 1 aliphatic heterocycles. The third-order valence-electron chi connectivity index (χ3n) is 6.38. The summed E-state index contributed by atoms with van der Waals surface area (Å²) in [4.78, 5) is 16.1. The van der Waals surface area contributed by atoms with Crippen LogP contribution in [-0.4, -0.2) is 24.3 Å². The summed E-state index contributed by atoms with van der Waals surface area (Å²) in [5.41, 5.74) is 3.47. The minimum atomic E-state index is -5.06. The van der Waals surface area contributed by atoms with Gasteiger partial charge in [-0.25, -0.2) is 8.42 Å². The molecule has 3 aromatic carbocycles. The fraction of sp³-hybridized carbons (Fsp3) is 0.115. The average molecular weight is 526 g/mol. The van der Waals surface area contributed by atoms with Crippen LogP contribution in [0.5, 0.6) is 5.75 Å². The van der Waals surface area contributed by atoms with Crippen molar-refractivity contribution in [2.24, 2.45) is 0 Å². The van der Waals surface area contributed by atoms with Crippen molar-refractivity contribution >= 4 is 37.4 Å². The van der Waals surface area contributed by atoms with E-state index in [1.165, 1.54) is 24.3 Å². The second-order valence-corrected chi connectivity index (χ2v) is 10.3. The second-order valence-electron chi connectivity index (χ2n) is 8.66. The van der Waals surface area contributed by atoms with Gasteiger partial charge in [0.2, 0.25) is 0 Å². The van der Waals surface area contributed by atoms with E-state index in [2.05, 4.69) is 14.4 Å². The molecule has 0 saturated carbocycles.